The lowest BCUT2D eigenvalue weighted by Crippen LogP contribution is -2.53. The topological polar surface area (TPSA) is 141 Å². The molecule has 0 bridgehead atoms. The van der Waals surface area contributed by atoms with Crippen molar-refractivity contribution in [1.29, 1.82) is 0 Å². The van der Waals surface area contributed by atoms with Crippen LogP contribution in [0.25, 0.3) is 6.08 Å². The average Bonchev–Trinajstić information content (AvgIpc) is 2.72. The highest BCUT2D eigenvalue weighted by Gasteiger charge is 2.54. The predicted octanol–water partition coefficient (Wildman–Crippen LogP) is 1.65. The number of hydrogen-bond acceptors (Lipinski definition) is 7. The van der Waals surface area contributed by atoms with Crippen molar-refractivity contribution in [2.24, 2.45) is 23.5 Å². The number of phenols is 1. The first-order valence-corrected chi connectivity index (χ1v) is 10.5. The Morgan fingerprint density at radius 3 is 2.52 bits per heavy atom. The number of benzene rings is 1. The molecule has 4 atom stereocenters. The van der Waals surface area contributed by atoms with Crippen LogP contribution in [0.5, 0.6) is 5.75 Å². The van der Waals surface area contributed by atoms with Gasteiger partial charge in [0.15, 0.2) is 11.6 Å². The van der Waals surface area contributed by atoms with Crippen molar-refractivity contribution in [1.82, 2.24) is 4.90 Å². The largest absolute Gasteiger partial charge is 0.511 e. The van der Waals surface area contributed by atoms with Crippen LogP contribution in [0.1, 0.15) is 27.9 Å². The molecule has 3 aliphatic carbocycles. The number of amides is 1. The van der Waals surface area contributed by atoms with E-state index in [4.69, 9.17) is 12.2 Å². The number of rotatable bonds is 3. The zero-order valence-electron chi connectivity index (χ0n) is 18.2. The molecule has 0 aliphatic heterocycles. The van der Waals surface area contributed by atoms with E-state index < -0.39 is 58.4 Å². The maximum atomic E-state index is 13.5. The summed E-state index contributed by atoms with van der Waals surface area (Å²) in [5, 5.41) is 32.4. The van der Waals surface area contributed by atoms with E-state index in [1.54, 1.807) is 31.1 Å². The van der Waals surface area contributed by atoms with Gasteiger partial charge in [-0.1, -0.05) is 12.0 Å². The van der Waals surface area contributed by atoms with E-state index in [2.05, 4.69) is 5.92 Å². The van der Waals surface area contributed by atoms with Gasteiger partial charge in [0, 0.05) is 5.57 Å². The van der Waals surface area contributed by atoms with Crippen LogP contribution in [0.4, 0.5) is 0 Å². The molecule has 3 aliphatic rings. The number of nitrogens with two attached hydrogens (primary N) is 1. The summed E-state index contributed by atoms with van der Waals surface area (Å²) in [6.45, 7) is 0. The molecule has 1 aromatic rings. The Hall–Kier alpha value is -3.83. The van der Waals surface area contributed by atoms with E-state index in [0.29, 0.717) is 24.0 Å². The number of ketones is 2. The molecule has 5 N–H and O–H groups in total. The standard InChI is InChI=1S/C25H24N2O6/c1-4-5-6-11-7-8-15(28)17-13(11)9-12-10-14-18(22(30)16(12)21(17)29)23(31)19(25(26)33)24(32)20(14)27(2)3/h1,5-8,12,14,18,20,28,30,32H,9-10H2,2-3H3,(H2,26,33)/b6-5+/t12-,14+,18?,20-/m0/s1. The minimum atomic E-state index is -1.20. The molecular formula is C25H24N2O6. The van der Waals surface area contributed by atoms with Crippen molar-refractivity contribution in [3.63, 3.8) is 0 Å². The van der Waals surface area contributed by atoms with Crippen molar-refractivity contribution < 1.29 is 29.7 Å². The second-order valence-corrected chi connectivity index (χ2v) is 8.83. The van der Waals surface area contributed by atoms with E-state index in [9.17, 15) is 29.7 Å². The Morgan fingerprint density at radius 2 is 1.91 bits per heavy atom. The minimum absolute atomic E-state index is 0.0493. The monoisotopic (exact) mass is 448 g/mol. The first kappa shape index (κ1) is 22.4. The van der Waals surface area contributed by atoms with E-state index in [1.807, 2.05) is 0 Å². The number of carbonyl (C=O) groups is 3. The summed E-state index contributed by atoms with van der Waals surface area (Å²) in [6.07, 6.45) is 9.11. The number of carbonyl (C=O) groups excluding carboxylic acids is 3. The molecule has 33 heavy (non-hydrogen) atoms. The van der Waals surface area contributed by atoms with Crippen molar-refractivity contribution in [3.05, 3.63) is 57.6 Å². The second kappa shape index (κ2) is 7.94. The van der Waals surface area contributed by atoms with Gasteiger partial charge in [-0.05, 0) is 68.1 Å². The number of nitrogens with zero attached hydrogens (tertiary/aromatic N) is 1. The molecule has 0 radical (unpaired) electrons. The number of primary amides is 1. The molecule has 1 unspecified atom stereocenters. The number of allylic oxidation sites excluding steroid dienone is 3. The Labute approximate surface area is 190 Å². The maximum absolute atomic E-state index is 13.5. The molecule has 1 amide bonds. The van der Waals surface area contributed by atoms with Crippen LogP contribution in [0.3, 0.4) is 0 Å². The van der Waals surface area contributed by atoms with Crippen LogP contribution in [-0.4, -0.2) is 57.8 Å². The van der Waals surface area contributed by atoms with E-state index >= 15 is 0 Å². The third-order valence-corrected chi connectivity index (χ3v) is 6.85. The number of fused-ring (bicyclic) bond motifs is 3. The van der Waals surface area contributed by atoms with E-state index in [-0.39, 0.29) is 16.9 Å². The molecule has 0 saturated carbocycles. The summed E-state index contributed by atoms with van der Waals surface area (Å²) in [5.74, 6) is -3.39. The molecule has 8 nitrogen and oxygen atoms in total. The van der Waals surface area contributed by atoms with Gasteiger partial charge in [-0.25, -0.2) is 0 Å². The van der Waals surface area contributed by atoms with E-state index in [1.165, 1.54) is 12.1 Å². The van der Waals surface area contributed by atoms with Crippen LogP contribution < -0.4 is 5.73 Å². The molecular weight excluding hydrogens is 424 g/mol. The Kier molecular flexibility index (Phi) is 5.38. The summed E-state index contributed by atoms with van der Waals surface area (Å²) < 4.78 is 0. The molecule has 0 aromatic heterocycles. The van der Waals surface area contributed by atoms with Crippen molar-refractivity contribution in [2.45, 2.75) is 18.9 Å². The molecule has 0 fully saturated rings. The number of aromatic hydroxyl groups is 1. The number of Topliss-reactive ketones (excluding diaryl/α,β-unsaturated/α-hetero) is 2. The third-order valence-electron chi connectivity index (χ3n) is 6.85. The molecule has 1 aromatic carbocycles. The fraction of sp³-hybridized carbons (Fsp3) is 0.320. The number of aliphatic hydroxyl groups is 2. The van der Waals surface area contributed by atoms with Gasteiger partial charge in [-0.15, -0.1) is 6.42 Å². The van der Waals surface area contributed by atoms with Crippen molar-refractivity contribution >= 4 is 23.5 Å². The summed E-state index contributed by atoms with van der Waals surface area (Å²) >= 11 is 0. The van der Waals surface area contributed by atoms with Gasteiger partial charge in [-0.2, -0.15) is 0 Å². The van der Waals surface area contributed by atoms with Gasteiger partial charge in [0.2, 0.25) is 0 Å². The normalized spacial score (nSPS) is 26.8. The smallest absolute Gasteiger partial charge is 0.255 e. The average molecular weight is 448 g/mol. The van der Waals surface area contributed by atoms with Crippen LogP contribution in [-0.2, 0) is 16.0 Å². The first-order chi connectivity index (χ1) is 15.6. The molecule has 170 valence electrons. The van der Waals surface area contributed by atoms with Crippen LogP contribution >= 0.6 is 0 Å². The SMILES string of the molecule is C#C/C=C/c1ccc(O)c2c1C[C@H]1C[C@@H]3C(C(=O)C(C(N)=O)=C(O)[C@H]3N(C)C)C(O)=C1C2=O. The molecule has 0 heterocycles. The van der Waals surface area contributed by atoms with Crippen LogP contribution in [0, 0.1) is 30.1 Å². The quantitative estimate of drug-likeness (QED) is 0.407. The highest BCUT2D eigenvalue weighted by Crippen LogP contribution is 2.50. The predicted molar refractivity (Wildman–Crippen MR) is 120 cm³/mol. The second-order valence-electron chi connectivity index (χ2n) is 8.83. The van der Waals surface area contributed by atoms with Crippen LogP contribution in [0.2, 0.25) is 0 Å². The number of phenolic OH excluding ortho intramolecular Hbond substituents is 1. The maximum Gasteiger partial charge on any atom is 0.255 e. The van der Waals surface area contributed by atoms with E-state index in [0.717, 1.165) is 0 Å². The highest BCUT2D eigenvalue weighted by atomic mass is 16.3. The number of likely N-dealkylation sites (N-methyl/N-ethyl adjacent to an activating group) is 1. The lowest BCUT2D eigenvalue weighted by atomic mass is 9.60. The van der Waals surface area contributed by atoms with Gasteiger partial charge in [0.05, 0.1) is 17.5 Å². The van der Waals surface area contributed by atoms with Gasteiger partial charge in [-0.3, -0.25) is 19.3 Å². The van der Waals surface area contributed by atoms with Gasteiger partial charge in [0.25, 0.3) is 5.91 Å². The molecule has 8 heteroatoms. The Balaban J connectivity index is 1.91. The highest BCUT2D eigenvalue weighted by molar-refractivity contribution is 6.22. The molecule has 0 spiro atoms. The molecule has 0 saturated heterocycles. The first-order valence-electron chi connectivity index (χ1n) is 10.5. The lowest BCUT2D eigenvalue weighted by molar-refractivity contribution is -0.127. The van der Waals surface area contributed by atoms with Crippen LogP contribution in [0.15, 0.2) is 40.9 Å². The fourth-order valence-electron chi connectivity index (χ4n) is 5.59. The number of aliphatic hydroxyl groups excluding tert-OH is 2. The number of terminal acetylenes is 1. The summed E-state index contributed by atoms with van der Waals surface area (Å²) in [4.78, 5) is 40.2. The van der Waals surface area contributed by atoms with Crippen molar-refractivity contribution in [2.75, 3.05) is 14.1 Å². The van der Waals surface area contributed by atoms with Gasteiger partial charge in [0.1, 0.15) is 22.8 Å². The summed E-state index contributed by atoms with van der Waals surface area (Å²) in [5.41, 5.74) is 6.19. The minimum Gasteiger partial charge on any atom is -0.511 e. The zero-order valence-corrected chi connectivity index (χ0v) is 18.2. The zero-order chi connectivity index (χ0) is 24.2. The lowest BCUT2D eigenvalue weighted by Gasteiger charge is -2.46. The number of hydrogen-bond donors (Lipinski definition) is 4. The Bertz CT molecular complexity index is 1230. The summed E-state index contributed by atoms with van der Waals surface area (Å²) in [6, 6.07) is 2.30. The summed E-state index contributed by atoms with van der Waals surface area (Å²) in [7, 11) is 3.37. The fourth-order valence-corrected chi connectivity index (χ4v) is 5.59. The van der Waals surface area contributed by atoms with Crippen molar-refractivity contribution in [3.8, 4) is 18.1 Å². The third kappa shape index (κ3) is 3.24. The Morgan fingerprint density at radius 1 is 1.21 bits per heavy atom. The molecule has 4 rings (SSSR count). The van der Waals surface area contributed by atoms with Gasteiger partial charge >= 0.3 is 0 Å². The van der Waals surface area contributed by atoms with Gasteiger partial charge < -0.3 is 21.1 Å².